The van der Waals surface area contributed by atoms with E-state index in [0.717, 1.165) is 0 Å². The number of morpholine rings is 1. The predicted molar refractivity (Wildman–Crippen MR) is 55.3 cm³/mol. The number of rotatable bonds is 1. The van der Waals surface area contributed by atoms with E-state index in [1.165, 1.54) is 0 Å². The van der Waals surface area contributed by atoms with Crippen LogP contribution in [0.15, 0.2) is 0 Å². The van der Waals surface area contributed by atoms with Gasteiger partial charge in [-0.2, -0.15) is 0 Å². The Bertz CT molecular complexity index is 354. The molecule has 2 rings (SSSR count). The number of hydrogen-bond acceptors (Lipinski definition) is 3. The normalized spacial score (nSPS) is 16.8. The van der Waals surface area contributed by atoms with Gasteiger partial charge < -0.3 is 14.6 Å². The summed E-state index contributed by atoms with van der Waals surface area (Å²) in [4.78, 5) is 19.9. The Balaban J connectivity index is 2.12. The van der Waals surface area contributed by atoms with Gasteiger partial charge in [0.2, 0.25) is 0 Å². The van der Waals surface area contributed by atoms with Crippen LogP contribution < -0.4 is 0 Å². The number of ether oxygens (including phenoxy) is 1. The van der Waals surface area contributed by atoms with Crippen LogP contribution >= 0.6 is 23.2 Å². The van der Waals surface area contributed by atoms with Crippen LogP contribution in [0.2, 0.25) is 10.3 Å². The Morgan fingerprint density at radius 1 is 1.40 bits per heavy atom. The average Bonchev–Trinajstić information content (AvgIpc) is 2.59. The van der Waals surface area contributed by atoms with E-state index in [9.17, 15) is 4.79 Å². The van der Waals surface area contributed by atoms with Gasteiger partial charge in [-0.1, -0.05) is 23.2 Å². The smallest absolute Gasteiger partial charge is 0.289 e. The summed E-state index contributed by atoms with van der Waals surface area (Å²) in [6.45, 7) is 2.23. The van der Waals surface area contributed by atoms with Crippen molar-refractivity contribution >= 4 is 29.1 Å². The summed E-state index contributed by atoms with van der Waals surface area (Å²) in [6.07, 6.45) is 0. The highest BCUT2D eigenvalue weighted by Crippen LogP contribution is 2.18. The van der Waals surface area contributed by atoms with Gasteiger partial charge in [-0.3, -0.25) is 4.79 Å². The molecule has 0 atom stereocenters. The molecule has 5 nitrogen and oxygen atoms in total. The Morgan fingerprint density at radius 3 is 2.60 bits per heavy atom. The van der Waals surface area contributed by atoms with E-state index in [2.05, 4.69) is 9.97 Å². The summed E-state index contributed by atoms with van der Waals surface area (Å²) in [5, 5.41) is 0.307. The van der Waals surface area contributed by atoms with Crippen LogP contribution in [-0.4, -0.2) is 47.1 Å². The fourth-order valence-corrected chi connectivity index (χ4v) is 1.61. The number of H-pyrrole nitrogens is 1. The van der Waals surface area contributed by atoms with Crippen molar-refractivity contribution in [3.63, 3.8) is 0 Å². The summed E-state index contributed by atoms with van der Waals surface area (Å²) in [6, 6.07) is 0. The molecule has 7 heteroatoms. The number of amides is 1. The Hall–Kier alpha value is -0.780. The van der Waals surface area contributed by atoms with Crippen molar-refractivity contribution in [2.75, 3.05) is 26.3 Å². The van der Waals surface area contributed by atoms with Crippen LogP contribution in [0.25, 0.3) is 0 Å². The number of carbonyl (C=O) groups is 1. The average molecular weight is 250 g/mol. The minimum absolute atomic E-state index is 0.119. The van der Waals surface area contributed by atoms with Crippen LogP contribution in [-0.2, 0) is 4.74 Å². The molecule has 0 saturated carbocycles. The van der Waals surface area contributed by atoms with Crippen molar-refractivity contribution in [2.24, 2.45) is 0 Å². The van der Waals surface area contributed by atoms with E-state index in [1.54, 1.807) is 4.90 Å². The van der Waals surface area contributed by atoms with Gasteiger partial charge in [-0.05, 0) is 0 Å². The van der Waals surface area contributed by atoms with Crippen molar-refractivity contribution in [2.45, 2.75) is 0 Å². The Labute approximate surface area is 96.3 Å². The largest absolute Gasteiger partial charge is 0.378 e. The summed E-state index contributed by atoms with van der Waals surface area (Å²) >= 11 is 11.3. The second-order valence-electron chi connectivity index (χ2n) is 3.09. The second-order valence-corrected chi connectivity index (χ2v) is 3.83. The number of nitrogens with zero attached hydrogens (tertiary/aromatic N) is 2. The lowest BCUT2D eigenvalue weighted by molar-refractivity contribution is 0.0295. The maximum atomic E-state index is 11.8. The molecule has 0 unspecified atom stereocenters. The molecule has 0 bridgehead atoms. The molecule has 82 valence electrons. The lowest BCUT2D eigenvalue weighted by atomic mass is 10.4. The summed E-state index contributed by atoms with van der Waals surface area (Å²) < 4.78 is 5.14. The van der Waals surface area contributed by atoms with E-state index in [1.807, 2.05) is 0 Å². The summed E-state index contributed by atoms with van der Waals surface area (Å²) in [5.41, 5.74) is 0. The minimum Gasteiger partial charge on any atom is -0.378 e. The first kappa shape index (κ1) is 10.7. The lowest BCUT2D eigenvalue weighted by Gasteiger charge is -2.25. The zero-order valence-corrected chi connectivity index (χ0v) is 9.31. The summed E-state index contributed by atoms with van der Waals surface area (Å²) in [5.74, 6) is -0.0287. The third-order valence-corrected chi connectivity index (χ3v) is 2.76. The van der Waals surface area contributed by atoms with Crippen molar-refractivity contribution in [1.29, 1.82) is 0 Å². The molecule has 15 heavy (non-hydrogen) atoms. The minimum atomic E-state index is -0.202. The van der Waals surface area contributed by atoms with Crippen LogP contribution in [0.5, 0.6) is 0 Å². The topological polar surface area (TPSA) is 58.2 Å². The molecule has 1 saturated heterocycles. The third kappa shape index (κ3) is 2.25. The molecule has 2 heterocycles. The van der Waals surface area contributed by atoms with Crippen LogP contribution in [0.3, 0.4) is 0 Å². The molecule has 1 fully saturated rings. The number of aromatic amines is 1. The molecule has 0 spiro atoms. The maximum Gasteiger partial charge on any atom is 0.289 e. The summed E-state index contributed by atoms with van der Waals surface area (Å²) in [7, 11) is 0. The van der Waals surface area contributed by atoms with E-state index >= 15 is 0 Å². The maximum absolute atomic E-state index is 11.8. The van der Waals surface area contributed by atoms with Gasteiger partial charge in [0, 0.05) is 13.1 Å². The SMILES string of the molecule is O=C(c1nc(Cl)c(Cl)[nH]1)N1CCOCC1. The van der Waals surface area contributed by atoms with Gasteiger partial charge >= 0.3 is 0 Å². The fraction of sp³-hybridized carbons (Fsp3) is 0.500. The zero-order chi connectivity index (χ0) is 10.8. The lowest BCUT2D eigenvalue weighted by Crippen LogP contribution is -2.41. The molecule has 0 radical (unpaired) electrons. The van der Waals surface area contributed by atoms with Crippen LogP contribution in [0.1, 0.15) is 10.6 Å². The van der Waals surface area contributed by atoms with Gasteiger partial charge in [0.1, 0.15) is 5.15 Å². The standard InChI is InChI=1S/C8H9Cl2N3O2/c9-5-6(10)12-7(11-5)8(14)13-1-3-15-4-2-13/h1-4H2,(H,11,12). The quantitative estimate of drug-likeness (QED) is 0.814. The van der Waals surface area contributed by atoms with E-state index in [0.29, 0.717) is 26.3 Å². The van der Waals surface area contributed by atoms with Crippen molar-refractivity contribution < 1.29 is 9.53 Å². The first-order valence-corrected chi connectivity index (χ1v) is 5.22. The van der Waals surface area contributed by atoms with E-state index in [4.69, 9.17) is 27.9 Å². The van der Waals surface area contributed by atoms with Gasteiger partial charge in [0.15, 0.2) is 11.0 Å². The Morgan fingerprint density at radius 2 is 2.07 bits per heavy atom. The molecular weight excluding hydrogens is 241 g/mol. The molecule has 1 aliphatic rings. The predicted octanol–water partition coefficient (Wildman–Crippen LogP) is 1.19. The Kier molecular flexibility index (Phi) is 3.14. The third-order valence-electron chi connectivity index (χ3n) is 2.12. The van der Waals surface area contributed by atoms with Crippen molar-refractivity contribution in [1.82, 2.24) is 14.9 Å². The number of imidazole rings is 1. The highest BCUT2D eigenvalue weighted by molar-refractivity contribution is 6.40. The van der Waals surface area contributed by atoms with E-state index < -0.39 is 0 Å². The highest BCUT2D eigenvalue weighted by Gasteiger charge is 2.22. The highest BCUT2D eigenvalue weighted by atomic mass is 35.5. The molecule has 0 aromatic carbocycles. The number of nitrogens with one attached hydrogen (secondary N) is 1. The molecule has 1 aromatic heterocycles. The first-order valence-electron chi connectivity index (χ1n) is 4.46. The van der Waals surface area contributed by atoms with Gasteiger partial charge in [0.05, 0.1) is 13.2 Å². The molecule has 1 N–H and O–H groups in total. The number of hydrogen-bond donors (Lipinski definition) is 1. The second kappa shape index (κ2) is 4.38. The van der Waals surface area contributed by atoms with Crippen molar-refractivity contribution in [3.8, 4) is 0 Å². The van der Waals surface area contributed by atoms with Gasteiger partial charge in [0.25, 0.3) is 5.91 Å². The fourth-order valence-electron chi connectivity index (χ4n) is 1.35. The first-order chi connectivity index (χ1) is 7.18. The van der Waals surface area contributed by atoms with Gasteiger partial charge in [-0.25, -0.2) is 4.98 Å². The zero-order valence-electron chi connectivity index (χ0n) is 7.80. The molecule has 1 amide bonds. The number of halogens is 2. The van der Waals surface area contributed by atoms with Crippen LogP contribution in [0, 0.1) is 0 Å². The molecular formula is C8H9Cl2N3O2. The molecule has 1 aliphatic heterocycles. The van der Waals surface area contributed by atoms with Crippen LogP contribution in [0.4, 0.5) is 0 Å². The van der Waals surface area contributed by atoms with E-state index in [-0.39, 0.29) is 22.0 Å². The van der Waals surface area contributed by atoms with Gasteiger partial charge in [-0.15, -0.1) is 0 Å². The molecule has 1 aromatic rings. The number of aromatic nitrogens is 2. The number of carbonyl (C=O) groups excluding carboxylic acids is 1. The molecule has 0 aliphatic carbocycles. The monoisotopic (exact) mass is 249 g/mol. The van der Waals surface area contributed by atoms with Crippen molar-refractivity contribution in [3.05, 3.63) is 16.1 Å².